The van der Waals surface area contributed by atoms with E-state index in [0.717, 1.165) is 5.56 Å². The summed E-state index contributed by atoms with van der Waals surface area (Å²) in [5, 5.41) is 3.00. The number of hydrogen-bond acceptors (Lipinski definition) is 4. The Kier molecular flexibility index (Phi) is 7.04. The molecule has 0 saturated heterocycles. The van der Waals surface area contributed by atoms with Gasteiger partial charge in [0.2, 0.25) is 0 Å². The Morgan fingerprint density at radius 3 is 2.54 bits per heavy atom. The van der Waals surface area contributed by atoms with E-state index >= 15 is 0 Å². The van der Waals surface area contributed by atoms with Gasteiger partial charge in [-0.1, -0.05) is 30.7 Å². The van der Waals surface area contributed by atoms with Gasteiger partial charge in [0.25, 0.3) is 5.91 Å². The predicted molar refractivity (Wildman–Crippen MR) is 102 cm³/mol. The number of nitrogens with one attached hydrogen (secondary N) is 1. The lowest BCUT2D eigenvalue weighted by Crippen LogP contribution is -2.32. The molecule has 1 amide bonds. The number of carbonyl (C=O) groups excluding carboxylic acids is 2. The molecule has 138 valence electrons. The van der Waals surface area contributed by atoms with Crippen molar-refractivity contribution in [2.45, 2.75) is 33.3 Å². The lowest BCUT2D eigenvalue weighted by Gasteiger charge is -2.18. The number of rotatable bonds is 7. The molecule has 0 aliphatic rings. The van der Waals surface area contributed by atoms with E-state index in [0.29, 0.717) is 23.4 Å². The van der Waals surface area contributed by atoms with Crippen LogP contribution in [-0.2, 0) is 9.53 Å². The topological polar surface area (TPSA) is 64.6 Å². The summed E-state index contributed by atoms with van der Waals surface area (Å²) >= 11 is 6.18. The van der Waals surface area contributed by atoms with Crippen LogP contribution in [0.3, 0.4) is 0 Å². The Labute approximate surface area is 158 Å². The lowest BCUT2D eigenvalue weighted by molar-refractivity contribution is -0.122. The summed E-state index contributed by atoms with van der Waals surface area (Å²) in [6.07, 6.45) is -0.157. The molecule has 0 aliphatic carbocycles. The molecule has 0 aromatic heterocycles. The Hall–Kier alpha value is -2.53. The van der Waals surface area contributed by atoms with E-state index in [2.05, 4.69) is 5.32 Å². The van der Waals surface area contributed by atoms with Gasteiger partial charge in [-0.2, -0.15) is 0 Å². The zero-order chi connectivity index (χ0) is 19.1. The summed E-state index contributed by atoms with van der Waals surface area (Å²) in [7, 11) is 0. The van der Waals surface area contributed by atoms with Crippen LogP contribution in [0.1, 0.15) is 36.2 Å². The van der Waals surface area contributed by atoms with E-state index in [4.69, 9.17) is 21.1 Å². The minimum Gasteiger partial charge on any atom is -0.481 e. The number of benzene rings is 2. The fraction of sp³-hybridized carbons (Fsp3) is 0.300. The van der Waals surface area contributed by atoms with E-state index in [-0.39, 0.29) is 17.5 Å². The van der Waals surface area contributed by atoms with Crippen molar-refractivity contribution in [2.75, 3.05) is 11.9 Å². The quantitative estimate of drug-likeness (QED) is 0.717. The highest BCUT2D eigenvalue weighted by molar-refractivity contribution is 6.34. The van der Waals surface area contributed by atoms with E-state index in [1.807, 2.05) is 38.1 Å². The Balaban J connectivity index is 2.08. The van der Waals surface area contributed by atoms with Gasteiger partial charge in [-0.05, 0) is 56.2 Å². The molecule has 2 rings (SSSR count). The Morgan fingerprint density at radius 1 is 1.15 bits per heavy atom. The number of anilines is 1. The van der Waals surface area contributed by atoms with Crippen LogP contribution >= 0.6 is 11.6 Å². The Bertz CT molecular complexity index is 791. The summed E-state index contributed by atoms with van der Waals surface area (Å²) in [6.45, 7) is 5.83. The highest BCUT2D eigenvalue weighted by Crippen LogP contribution is 2.24. The summed E-state index contributed by atoms with van der Waals surface area (Å²) < 4.78 is 10.7. The summed E-state index contributed by atoms with van der Waals surface area (Å²) in [4.78, 5) is 24.2. The fourth-order valence-corrected chi connectivity index (χ4v) is 2.57. The smallest absolute Gasteiger partial charge is 0.338 e. The first-order chi connectivity index (χ1) is 12.4. The second-order valence-corrected chi connectivity index (χ2v) is 6.14. The maximum Gasteiger partial charge on any atom is 0.338 e. The molecule has 0 heterocycles. The number of amides is 1. The van der Waals surface area contributed by atoms with E-state index in [9.17, 15) is 9.59 Å². The monoisotopic (exact) mass is 375 g/mol. The molecule has 2 aromatic carbocycles. The summed E-state index contributed by atoms with van der Waals surface area (Å²) in [6, 6.07) is 12.1. The third-order valence-electron chi connectivity index (χ3n) is 3.67. The molecule has 0 bridgehead atoms. The van der Waals surface area contributed by atoms with Crippen molar-refractivity contribution in [3.63, 3.8) is 0 Å². The average Bonchev–Trinajstić information content (AvgIpc) is 2.61. The zero-order valence-corrected chi connectivity index (χ0v) is 15.8. The predicted octanol–water partition coefficient (Wildman–Crippen LogP) is 4.62. The number of halogens is 1. The molecule has 5 nitrogen and oxygen atoms in total. The van der Waals surface area contributed by atoms with Gasteiger partial charge >= 0.3 is 5.97 Å². The molecule has 1 atom stereocenters. The van der Waals surface area contributed by atoms with Crippen LogP contribution in [0.15, 0.2) is 42.5 Å². The van der Waals surface area contributed by atoms with Crippen LogP contribution < -0.4 is 10.1 Å². The van der Waals surface area contributed by atoms with Gasteiger partial charge in [0.15, 0.2) is 6.10 Å². The average molecular weight is 376 g/mol. The molecule has 1 N–H and O–H groups in total. The van der Waals surface area contributed by atoms with Gasteiger partial charge in [0.1, 0.15) is 5.75 Å². The molecule has 0 saturated carbocycles. The second kappa shape index (κ2) is 9.25. The molecule has 0 unspecified atom stereocenters. The molecule has 0 spiro atoms. The first-order valence-corrected chi connectivity index (χ1v) is 8.83. The zero-order valence-electron chi connectivity index (χ0n) is 15.0. The first-order valence-electron chi connectivity index (χ1n) is 8.45. The van der Waals surface area contributed by atoms with Gasteiger partial charge in [-0.15, -0.1) is 0 Å². The van der Waals surface area contributed by atoms with Crippen LogP contribution in [0, 0.1) is 6.92 Å². The Morgan fingerprint density at radius 2 is 1.92 bits per heavy atom. The molecular formula is C20H22ClNO4. The molecule has 2 aromatic rings. The van der Waals surface area contributed by atoms with Crippen LogP contribution in [0.4, 0.5) is 5.69 Å². The van der Waals surface area contributed by atoms with Gasteiger partial charge < -0.3 is 14.8 Å². The van der Waals surface area contributed by atoms with Crippen molar-refractivity contribution in [1.82, 2.24) is 0 Å². The van der Waals surface area contributed by atoms with Crippen molar-refractivity contribution in [3.8, 4) is 5.75 Å². The lowest BCUT2D eigenvalue weighted by atomic mass is 10.2. The fourth-order valence-electron chi connectivity index (χ4n) is 2.35. The van der Waals surface area contributed by atoms with Crippen molar-refractivity contribution in [1.29, 1.82) is 0 Å². The third kappa shape index (κ3) is 5.23. The molecule has 6 heteroatoms. The molecular weight excluding hydrogens is 354 g/mol. The van der Waals surface area contributed by atoms with E-state index in [1.165, 1.54) is 6.07 Å². The largest absolute Gasteiger partial charge is 0.481 e. The minimum absolute atomic E-state index is 0.259. The second-order valence-electron chi connectivity index (χ2n) is 5.74. The van der Waals surface area contributed by atoms with E-state index in [1.54, 1.807) is 19.1 Å². The SMILES string of the molecule is CCOC(=O)c1ccc(NC(=O)[C@H](CC)Oc2cccc(C)c2)c(Cl)c1. The minimum atomic E-state index is -0.655. The summed E-state index contributed by atoms with van der Waals surface area (Å²) in [5.41, 5.74) is 1.80. The maximum absolute atomic E-state index is 12.5. The number of esters is 1. The third-order valence-corrected chi connectivity index (χ3v) is 3.98. The summed E-state index contributed by atoms with van der Waals surface area (Å²) in [5.74, 6) is -0.128. The van der Waals surface area contributed by atoms with Gasteiger partial charge in [0.05, 0.1) is 22.9 Å². The van der Waals surface area contributed by atoms with E-state index < -0.39 is 12.1 Å². The molecule has 0 fully saturated rings. The maximum atomic E-state index is 12.5. The van der Waals surface area contributed by atoms with Crippen molar-refractivity contribution < 1.29 is 19.1 Å². The van der Waals surface area contributed by atoms with Gasteiger partial charge in [-0.3, -0.25) is 4.79 Å². The number of hydrogen-bond donors (Lipinski definition) is 1. The normalized spacial score (nSPS) is 11.5. The number of aryl methyl sites for hydroxylation is 1. The van der Waals surface area contributed by atoms with Crippen molar-refractivity contribution in [3.05, 3.63) is 58.6 Å². The van der Waals surface area contributed by atoms with Crippen LogP contribution in [0.5, 0.6) is 5.75 Å². The molecule has 0 radical (unpaired) electrons. The number of carbonyl (C=O) groups is 2. The molecule has 26 heavy (non-hydrogen) atoms. The standard InChI is InChI=1S/C20H22ClNO4/c1-4-18(26-15-8-6-7-13(3)11-15)19(23)22-17-10-9-14(12-16(17)21)20(24)25-5-2/h6-12,18H,4-5H2,1-3H3,(H,22,23)/t18-/m0/s1. The van der Waals surface area contributed by atoms with Gasteiger partial charge in [0, 0.05) is 0 Å². The molecule has 0 aliphatic heterocycles. The van der Waals surface area contributed by atoms with Gasteiger partial charge in [-0.25, -0.2) is 4.79 Å². The highest BCUT2D eigenvalue weighted by atomic mass is 35.5. The van der Waals surface area contributed by atoms with Crippen LogP contribution in [0.25, 0.3) is 0 Å². The first kappa shape index (κ1) is 19.8. The van der Waals surface area contributed by atoms with Crippen molar-refractivity contribution >= 4 is 29.2 Å². The van der Waals surface area contributed by atoms with Crippen molar-refractivity contribution in [2.24, 2.45) is 0 Å². The van der Waals surface area contributed by atoms with Crippen LogP contribution in [0.2, 0.25) is 5.02 Å². The van der Waals surface area contributed by atoms with Crippen LogP contribution in [-0.4, -0.2) is 24.6 Å². The highest BCUT2D eigenvalue weighted by Gasteiger charge is 2.20. The number of ether oxygens (including phenoxy) is 2.